The zero-order valence-electron chi connectivity index (χ0n) is 10.8. The molecule has 0 unspecified atom stereocenters. The molecule has 3 N–H and O–H groups in total. The summed E-state index contributed by atoms with van der Waals surface area (Å²) in [5.41, 5.74) is 2.75. The molecule has 0 atom stereocenters. The van der Waals surface area contributed by atoms with Crippen LogP contribution in [0.5, 0.6) is 0 Å². The van der Waals surface area contributed by atoms with Crippen LogP contribution < -0.4 is 5.32 Å². The van der Waals surface area contributed by atoms with Gasteiger partial charge in [-0.2, -0.15) is 0 Å². The number of carbonyl (C=O) groups excluding carboxylic acids is 1. The maximum atomic E-state index is 12.0. The first-order chi connectivity index (χ1) is 8.60. The van der Waals surface area contributed by atoms with Gasteiger partial charge >= 0.3 is 6.03 Å². The van der Waals surface area contributed by atoms with Crippen molar-refractivity contribution in [1.82, 2.24) is 4.90 Å². The van der Waals surface area contributed by atoms with Crippen LogP contribution in [0, 0.1) is 13.8 Å². The van der Waals surface area contributed by atoms with E-state index in [9.17, 15) is 4.79 Å². The Balaban J connectivity index is 2.79. The summed E-state index contributed by atoms with van der Waals surface area (Å²) in [6, 6.07) is 5.46. The molecule has 0 bridgehead atoms. The van der Waals surface area contributed by atoms with E-state index in [1.165, 1.54) is 4.90 Å². The predicted molar refractivity (Wildman–Crippen MR) is 70.7 cm³/mol. The second-order valence-electron chi connectivity index (χ2n) is 4.13. The number of rotatable bonds is 5. The summed E-state index contributed by atoms with van der Waals surface area (Å²) in [7, 11) is 0. The van der Waals surface area contributed by atoms with E-state index in [0.717, 1.165) is 16.8 Å². The Bertz CT molecular complexity index is 381. The number of aliphatic hydroxyl groups is 2. The minimum absolute atomic E-state index is 0.125. The highest BCUT2D eigenvalue weighted by Gasteiger charge is 2.14. The summed E-state index contributed by atoms with van der Waals surface area (Å²) in [5.74, 6) is 0. The van der Waals surface area contributed by atoms with Gasteiger partial charge in [-0.15, -0.1) is 0 Å². The van der Waals surface area contributed by atoms with Crippen LogP contribution in [-0.2, 0) is 0 Å². The Morgan fingerprint density at radius 3 is 2.11 bits per heavy atom. The van der Waals surface area contributed by atoms with Gasteiger partial charge in [-0.3, -0.25) is 0 Å². The average Bonchev–Trinajstić information content (AvgIpc) is 2.33. The first-order valence-electron chi connectivity index (χ1n) is 5.94. The van der Waals surface area contributed by atoms with Gasteiger partial charge in [-0.1, -0.05) is 18.2 Å². The standard InChI is InChI=1S/C13H20N2O3/c1-10-4-3-5-11(2)12(10)14-13(18)15(6-8-16)7-9-17/h3-5,16-17H,6-9H2,1-2H3,(H,14,18). The minimum atomic E-state index is -0.310. The van der Waals surface area contributed by atoms with Crippen molar-refractivity contribution in [2.24, 2.45) is 0 Å². The van der Waals surface area contributed by atoms with Crippen LogP contribution in [0.1, 0.15) is 11.1 Å². The normalized spacial score (nSPS) is 10.2. The van der Waals surface area contributed by atoms with Gasteiger partial charge in [-0.25, -0.2) is 4.79 Å². The molecule has 0 saturated heterocycles. The Kier molecular flexibility index (Phi) is 5.61. The molecular formula is C13H20N2O3. The van der Waals surface area contributed by atoms with Gasteiger partial charge in [0.1, 0.15) is 0 Å². The number of hydrogen-bond donors (Lipinski definition) is 3. The van der Waals surface area contributed by atoms with Crippen molar-refractivity contribution in [2.75, 3.05) is 31.6 Å². The van der Waals surface area contributed by atoms with Crippen molar-refractivity contribution < 1.29 is 15.0 Å². The summed E-state index contributed by atoms with van der Waals surface area (Å²) in [5, 5.41) is 20.6. The molecule has 0 heterocycles. The Morgan fingerprint density at radius 2 is 1.67 bits per heavy atom. The lowest BCUT2D eigenvalue weighted by Crippen LogP contribution is -2.39. The summed E-state index contributed by atoms with van der Waals surface area (Å²) < 4.78 is 0. The molecule has 100 valence electrons. The molecule has 18 heavy (non-hydrogen) atoms. The number of aliphatic hydroxyl groups excluding tert-OH is 2. The molecule has 0 aliphatic heterocycles. The molecule has 0 radical (unpaired) electrons. The van der Waals surface area contributed by atoms with Gasteiger partial charge in [0.05, 0.1) is 13.2 Å². The van der Waals surface area contributed by atoms with E-state index in [-0.39, 0.29) is 32.3 Å². The zero-order chi connectivity index (χ0) is 13.5. The van der Waals surface area contributed by atoms with Crippen LogP contribution in [-0.4, -0.2) is 47.4 Å². The SMILES string of the molecule is Cc1cccc(C)c1NC(=O)N(CCO)CCO. The topological polar surface area (TPSA) is 72.8 Å². The smallest absolute Gasteiger partial charge is 0.322 e. The molecule has 5 nitrogen and oxygen atoms in total. The van der Waals surface area contributed by atoms with Gasteiger partial charge in [0.25, 0.3) is 0 Å². The van der Waals surface area contributed by atoms with E-state index in [2.05, 4.69) is 5.32 Å². The molecule has 0 fully saturated rings. The maximum absolute atomic E-state index is 12.0. The fourth-order valence-corrected chi connectivity index (χ4v) is 1.75. The van der Waals surface area contributed by atoms with Crippen LogP contribution in [0.2, 0.25) is 0 Å². The van der Waals surface area contributed by atoms with E-state index in [4.69, 9.17) is 10.2 Å². The van der Waals surface area contributed by atoms with Crippen LogP contribution in [0.4, 0.5) is 10.5 Å². The van der Waals surface area contributed by atoms with Gasteiger partial charge in [0.15, 0.2) is 0 Å². The largest absolute Gasteiger partial charge is 0.395 e. The number of amides is 2. The lowest BCUT2D eigenvalue weighted by molar-refractivity contribution is 0.167. The molecular weight excluding hydrogens is 232 g/mol. The Morgan fingerprint density at radius 1 is 1.17 bits per heavy atom. The quantitative estimate of drug-likeness (QED) is 0.735. The molecule has 5 heteroatoms. The van der Waals surface area contributed by atoms with Gasteiger partial charge in [-0.05, 0) is 25.0 Å². The van der Waals surface area contributed by atoms with Crippen molar-refractivity contribution in [3.05, 3.63) is 29.3 Å². The number of hydrogen-bond acceptors (Lipinski definition) is 3. The van der Waals surface area contributed by atoms with Crippen molar-refractivity contribution in [3.63, 3.8) is 0 Å². The van der Waals surface area contributed by atoms with E-state index in [0.29, 0.717) is 0 Å². The molecule has 0 aliphatic carbocycles. The number of nitrogens with one attached hydrogen (secondary N) is 1. The molecule has 0 spiro atoms. The van der Waals surface area contributed by atoms with Crippen LogP contribution in [0.25, 0.3) is 0 Å². The lowest BCUT2D eigenvalue weighted by Gasteiger charge is -2.22. The second kappa shape index (κ2) is 6.98. The molecule has 0 saturated carbocycles. The molecule has 2 amide bonds. The van der Waals surface area contributed by atoms with Gasteiger partial charge in [0.2, 0.25) is 0 Å². The summed E-state index contributed by atoms with van der Waals surface area (Å²) in [6.45, 7) is 4.01. The average molecular weight is 252 g/mol. The van der Waals surface area contributed by atoms with Crippen LogP contribution in [0.15, 0.2) is 18.2 Å². The fraction of sp³-hybridized carbons (Fsp3) is 0.462. The van der Waals surface area contributed by atoms with Crippen LogP contribution >= 0.6 is 0 Å². The van der Waals surface area contributed by atoms with Gasteiger partial charge < -0.3 is 20.4 Å². The zero-order valence-corrected chi connectivity index (χ0v) is 10.8. The highest BCUT2D eigenvalue weighted by atomic mass is 16.3. The lowest BCUT2D eigenvalue weighted by atomic mass is 10.1. The summed E-state index contributed by atoms with van der Waals surface area (Å²) >= 11 is 0. The minimum Gasteiger partial charge on any atom is -0.395 e. The number of anilines is 1. The van der Waals surface area contributed by atoms with E-state index in [1.54, 1.807) is 0 Å². The van der Waals surface area contributed by atoms with E-state index in [1.807, 2.05) is 32.0 Å². The molecule has 1 aromatic rings. The number of benzene rings is 1. The van der Waals surface area contributed by atoms with Gasteiger partial charge in [0, 0.05) is 18.8 Å². The van der Waals surface area contributed by atoms with Crippen LogP contribution in [0.3, 0.4) is 0 Å². The fourth-order valence-electron chi connectivity index (χ4n) is 1.75. The van der Waals surface area contributed by atoms with E-state index < -0.39 is 0 Å². The second-order valence-corrected chi connectivity index (χ2v) is 4.13. The van der Waals surface area contributed by atoms with Crippen molar-refractivity contribution >= 4 is 11.7 Å². The third-order valence-corrected chi connectivity index (χ3v) is 2.74. The van der Waals surface area contributed by atoms with E-state index >= 15 is 0 Å². The number of urea groups is 1. The van der Waals surface area contributed by atoms with Crippen molar-refractivity contribution in [3.8, 4) is 0 Å². The monoisotopic (exact) mass is 252 g/mol. The third kappa shape index (κ3) is 3.72. The first kappa shape index (κ1) is 14.5. The highest BCUT2D eigenvalue weighted by molar-refractivity contribution is 5.91. The molecule has 0 aromatic heterocycles. The maximum Gasteiger partial charge on any atom is 0.322 e. The van der Waals surface area contributed by atoms with Crippen molar-refractivity contribution in [2.45, 2.75) is 13.8 Å². The number of para-hydroxylation sites is 1. The Labute approximate surface area is 107 Å². The van der Waals surface area contributed by atoms with Crippen molar-refractivity contribution in [1.29, 1.82) is 0 Å². The molecule has 1 aromatic carbocycles. The summed E-state index contributed by atoms with van der Waals surface area (Å²) in [4.78, 5) is 13.4. The summed E-state index contributed by atoms with van der Waals surface area (Å²) in [6.07, 6.45) is 0. The molecule has 0 aliphatic rings. The number of carbonyl (C=O) groups is 1. The number of nitrogens with zero attached hydrogens (tertiary/aromatic N) is 1. The molecule has 1 rings (SSSR count). The first-order valence-corrected chi connectivity index (χ1v) is 5.94. The number of aryl methyl sites for hydroxylation is 2. The predicted octanol–water partition coefficient (Wildman–Crippen LogP) is 1.12. The Hall–Kier alpha value is -1.59. The highest BCUT2D eigenvalue weighted by Crippen LogP contribution is 2.19. The third-order valence-electron chi connectivity index (χ3n) is 2.74.